The van der Waals surface area contributed by atoms with Crippen LogP contribution >= 0.6 is 11.6 Å². The molecule has 0 radical (unpaired) electrons. The van der Waals surface area contributed by atoms with Gasteiger partial charge in [-0.1, -0.05) is 35.9 Å². The van der Waals surface area contributed by atoms with Crippen LogP contribution in [0.3, 0.4) is 0 Å². The summed E-state index contributed by atoms with van der Waals surface area (Å²) in [6.07, 6.45) is 3.31. The highest BCUT2D eigenvalue weighted by Gasteiger charge is 2.21. The molecule has 140 valence electrons. The quantitative estimate of drug-likeness (QED) is 0.564. The molecule has 0 fully saturated rings. The second kappa shape index (κ2) is 8.41. The minimum absolute atomic E-state index is 0.0111. The molecule has 0 aliphatic carbocycles. The number of anilines is 1. The Morgan fingerprint density at radius 3 is 2.59 bits per heavy atom. The van der Waals surface area contributed by atoms with Crippen LogP contribution in [0.4, 0.5) is 5.69 Å². The van der Waals surface area contributed by atoms with Crippen LogP contribution in [-0.2, 0) is 16.6 Å². The maximum atomic E-state index is 12.7. The molecule has 0 unspecified atom stereocenters. The van der Waals surface area contributed by atoms with Crippen LogP contribution < -0.4 is 9.04 Å². The second-order valence-corrected chi connectivity index (χ2v) is 8.39. The molecule has 0 aliphatic rings. The molecule has 0 saturated heterocycles. The van der Waals surface area contributed by atoms with Crippen molar-refractivity contribution >= 4 is 27.3 Å². The highest BCUT2D eigenvalue weighted by Crippen LogP contribution is 2.32. The molecule has 0 atom stereocenters. The molecule has 2 aromatic carbocycles. The van der Waals surface area contributed by atoms with Crippen LogP contribution in [0.1, 0.15) is 12.5 Å². The van der Waals surface area contributed by atoms with E-state index in [4.69, 9.17) is 16.3 Å². The number of para-hydroxylation sites is 1. The third-order valence-corrected chi connectivity index (χ3v) is 5.97. The van der Waals surface area contributed by atoms with Gasteiger partial charge in [-0.15, -0.1) is 0 Å². The molecule has 3 aromatic rings. The highest BCUT2D eigenvalue weighted by molar-refractivity contribution is 7.92. The summed E-state index contributed by atoms with van der Waals surface area (Å²) >= 11 is 6.14. The van der Waals surface area contributed by atoms with E-state index < -0.39 is 10.0 Å². The number of hydrogen-bond donors (Lipinski definition) is 0. The Hall–Kier alpha value is -2.57. The van der Waals surface area contributed by atoms with Gasteiger partial charge in [0, 0.05) is 18.5 Å². The molecule has 3 rings (SSSR count). The zero-order valence-electron chi connectivity index (χ0n) is 14.7. The van der Waals surface area contributed by atoms with Gasteiger partial charge in [0.2, 0.25) is 10.0 Å². The van der Waals surface area contributed by atoms with E-state index in [9.17, 15) is 8.42 Å². The fourth-order valence-electron chi connectivity index (χ4n) is 2.52. The average Bonchev–Trinajstić information content (AvgIpc) is 2.69. The van der Waals surface area contributed by atoms with E-state index in [1.807, 2.05) is 18.2 Å². The number of hydrogen-bond acceptors (Lipinski definition) is 4. The molecule has 0 saturated carbocycles. The molecule has 0 aliphatic heterocycles. The first-order valence-corrected chi connectivity index (χ1v) is 10.4. The van der Waals surface area contributed by atoms with Crippen LogP contribution in [0.2, 0.25) is 5.02 Å². The van der Waals surface area contributed by atoms with Crippen molar-refractivity contribution in [2.75, 3.05) is 10.1 Å². The number of halogens is 1. The third kappa shape index (κ3) is 4.78. The molecule has 0 bridgehead atoms. The minimum atomic E-state index is -3.49. The van der Waals surface area contributed by atoms with Gasteiger partial charge in [-0.3, -0.25) is 9.29 Å². The zero-order chi connectivity index (χ0) is 19.3. The average molecular weight is 403 g/mol. The second-order valence-electron chi connectivity index (χ2n) is 5.80. The SMILES string of the molecule is CCS(=O)(=O)N(Cc1cccnc1)c1cccc(Oc2ccccc2Cl)c1. The lowest BCUT2D eigenvalue weighted by atomic mass is 10.2. The van der Waals surface area contributed by atoms with Crippen LogP contribution in [0.15, 0.2) is 73.1 Å². The molecular weight excluding hydrogens is 384 g/mol. The number of pyridine rings is 1. The van der Waals surface area contributed by atoms with E-state index in [0.29, 0.717) is 22.2 Å². The first kappa shape index (κ1) is 19.2. The number of sulfonamides is 1. The smallest absolute Gasteiger partial charge is 0.235 e. The normalized spacial score (nSPS) is 11.2. The number of aromatic nitrogens is 1. The standard InChI is InChI=1S/C20H19ClN2O3S/c1-2-27(24,25)23(15-16-7-6-12-22-14-16)17-8-5-9-18(13-17)26-20-11-4-3-10-19(20)21/h3-14H,2,15H2,1H3. The summed E-state index contributed by atoms with van der Waals surface area (Å²) in [6.45, 7) is 1.81. The van der Waals surface area contributed by atoms with Crippen molar-refractivity contribution in [3.05, 3.63) is 83.6 Å². The van der Waals surface area contributed by atoms with Crippen molar-refractivity contribution in [3.8, 4) is 11.5 Å². The van der Waals surface area contributed by atoms with Gasteiger partial charge < -0.3 is 4.74 Å². The fourth-order valence-corrected chi connectivity index (χ4v) is 3.79. The van der Waals surface area contributed by atoms with E-state index in [0.717, 1.165) is 5.56 Å². The molecule has 1 aromatic heterocycles. The van der Waals surface area contributed by atoms with E-state index >= 15 is 0 Å². The number of nitrogens with zero attached hydrogens (tertiary/aromatic N) is 2. The number of rotatable bonds is 7. The Labute approximate surface area is 164 Å². The monoisotopic (exact) mass is 402 g/mol. The van der Waals surface area contributed by atoms with Gasteiger partial charge in [0.25, 0.3) is 0 Å². The van der Waals surface area contributed by atoms with E-state index in [1.54, 1.807) is 61.8 Å². The van der Waals surface area contributed by atoms with E-state index in [-0.39, 0.29) is 12.3 Å². The summed E-state index contributed by atoms with van der Waals surface area (Å²) in [5.41, 5.74) is 1.32. The maximum Gasteiger partial charge on any atom is 0.235 e. The molecule has 0 N–H and O–H groups in total. The molecular formula is C20H19ClN2O3S. The topological polar surface area (TPSA) is 59.5 Å². The van der Waals surface area contributed by atoms with Crippen molar-refractivity contribution in [3.63, 3.8) is 0 Å². The van der Waals surface area contributed by atoms with Crippen molar-refractivity contribution in [2.24, 2.45) is 0 Å². The van der Waals surface area contributed by atoms with Gasteiger partial charge in [0.1, 0.15) is 11.5 Å². The van der Waals surface area contributed by atoms with E-state index in [2.05, 4.69) is 4.98 Å². The van der Waals surface area contributed by atoms with Crippen molar-refractivity contribution < 1.29 is 13.2 Å². The summed E-state index contributed by atoms with van der Waals surface area (Å²) in [5.74, 6) is 1.000. The van der Waals surface area contributed by atoms with Gasteiger partial charge >= 0.3 is 0 Å². The lowest BCUT2D eigenvalue weighted by molar-refractivity contribution is 0.483. The van der Waals surface area contributed by atoms with Gasteiger partial charge in [-0.2, -0.15) is 0 Å². The lowest BCUT2D eigenvalue weighted by Crippen LogP contribution is -2.31. The zero-order valence-corrected chi connectivity index (χ0v) is 16.3. The third-order valence-electron chi connectivity index (χ3n) is 3.92. The first-order valence-electron chi connectivity index (χ1n) is 8.41. The Morgan fingerprint density at radius 2 is 1.89 bits per heavy atom. The first-order chi connectivity index (χ1) is 13.0. The summed E-state index contributed by atoms with van der Waals surface area (Å²) in [7, 11) is -3.49. The van der Waals surface area contributed by atoms with Gasteiger partial charge in [0.15, 0.2) is 0 Å². The summed E-state index contributed by atoms with van der Waals surface area (Å²) < 4.78 is 32.5. The fraction of sp³-hybridized carbons (Fsp3) is 0.150. The molecule has 27 heavy (non-hydrogen) atoms. The largest absolute Gasteiger partial charge is 0.456 e. The van der Waals surface area contributed by atoms with Crippen LogP contribution in [0, 0.1) is 0 Å². The summed E-state index contributed by atoms with van der Waals surface area (Å²) in [5, 5.41) is 0.483. The van der Waals surface area contributed by atoms with Crippen molar-refractivity contribution in [1.82, 2.24) is 4.98 Å². The molecule has 5 nitrogen and oxygen atoms in total. The van der Waals surface area contributed by atoms with Gasteiger partial charge in [-0.05, 0) is 42.8 Å². The number of benzene rings is 2. The van der Waals surface area contributed by atoms with E-state index in [1.165, 1.54) is 4.31 Å². The van der Waals surface area contributed by atoms with Gasteiger partial charge in [-0.25, -0.2) is 8.42 Å². The van der Waals surface area contributed by atoms with Crippen LogP contribution in [0.5, 0.6) is 11.5 Å². The van der Waals surface area contributed by atoms with Gasteiger partial charge in [0.05, 0.1) is 23.0 Å². The number of ether oxygens (including phenoxy) is 1. The molecule has 1 heterocycles. The molecule has 7 heteroatoms. The summed E-state index contributed by atoms with van der Waals surface area (Å²) in [6, 6.07) is 17.7. The molecule has 0 spiro atoms. The molecule has 0 amide bonds. The van der Waals surface area contributed by atoms with Crippen molar-refractivity contribution in [1.29, 1.82) is 0 Å². The Bertz CT molecular complexity index is 1010. The van der Waals surface area contributed by atoms with Crippen LogP contribution in [0.25, 0.3) is 0 Å². The Balaban J connectivity index is 1.94. The predicted molar refractivity (Wildman–Crippen MR) is 108 cm³/mol. The van der Waals surface area contributed by atoms with Crippen molar-refractivity contribution in [2.45, 2.75) is 13.5 Å². The summed E-state index contributed by atoms with van der Waals surface area (Å²) in [4.78, 5) is 4.06. The maximum absolute atomic E-state index is 12.7. The lowest BCUT2D eigenvalue weighted by Gasteiger charge is -2.24. The highest BCUT2D eigenvalue weighted by atomic mass is 35.5. The Morgan fingerprint density at radius 1 is 1.07 bits per heavy atom. The Kier molecular flexibility index (Phi) is 5.98. The minimum Gasteiger partial charge on any atom is -0.456 e. The van der Waals surface area contributed by atoms with Crippen LogP contribution in [-0.4, -0.2) is 19.2 Å². The predicted octanol–water partition coefficient (Wildman–Crippen LogP) is 4.88.